The molecule has 0 spiro atoms. The average molecular weight is 271 g/mol. The number of halogens is 1. The van der Waals surface area contributed by atoms with Crippen molar-refractivity contribution in [2.24, 2.45) is 0 Å². The Balaban J connectivity index is 2.88. The summed E-state index contributed by atoms with van der Waals surface area (Å²) in [7, 11) is 0. The number of benzene rings is 1. The van der Waals surface area contributed by atoms with E-state index in [-0.39, 0.29) is 0 Å². The lowest BCUT2D eigenvalue weighted by molar-refractivity contribution is 0.476. The second kappa shape index (κ2) is 2.90. The fourth-order valence-corrected chi connectivity index (χ4v) is 1.74. The zero-order chi connectivity index (χ0) is 8.55. The van der Waals surface area contributed by atoms with Crippen molar-refractivity contribution in [1.29, 1.82) is 0 Å². The van der Waals surface area contributed by atoms with Gasteiger partial charge in [-0.1, -0.05) is 0 Å². The number of nitrogens with zero attached hydrogens (tertiary/aromatic N) is 1. The van der Waals surface area contributed by atoms with Crippen molar-refractivity contribution < 1.29 is 5.11 Å². The molecule has 2 rings (SSSR count). The Morgan fingerprint density at radius 2 is 2.08 bits per heavy atom. The lowest BCUT2D eigenvalue weighted by atomic mass is 10.2. The number of fused-ring (bicyclic) bond motifs is 1. The Labute approximate surface area is 83.4 Å². The molecule has 0 unspecified atom stereocenters. The van der Waals surface area contributed by atoms with Gasteiger partial charge < -0.3 is 5.11 Å². The lowest BCUT2D eigenvalue weighted by Crippen LogP contribution is -1.79. The molecule has 3 heteroatoms. The van der Waals surface area contributed by atoms with E-state index in [1.807, 2.05) is 6.07 Å². The largest absolute Gasteiger partial charge is 0.508 e. The van der Waals surface area contributed by atoms with Crippen molar-refractivity contribution in [3.8, 4) is 5.75 Å². The average Bonchev–Trinajstić information content (AvgIpc) is 2.07. The van der Waals surface area contributed by atoms with Gasteiger partial charge in [-0.3, -0.25) is 4.98 Å². The smallest absolute Gasteiger partial charge is 0.116 e. The van der Waals surface area contributed by atoms with Crippen molar-refractivity contribution in [1.82, 2.24) is 4.98 Å². The summed E-state index contributed by atoms with van der Waals surface area (Å²) in [4.78, 5) is 4.05. The van der Waals surface area contributed by atoms with Crippen molar-refractivity contribution in [3.05, 3.63) is 34.2 Å². The fraction of sp³-hybridized carbons (Fsp3) is 0. The van der Waals surface area contributed by atoms with E-state index in [4.69, 9.17) is 0 Å². The maximum atomic E-state index is 9.23. The molecule has 1 aromatic heterocycles. The van der Waals surface area contributed by atoms with E-state index in [1.165, 1.54) is 0 Å². The molecule has 0 radical (unpaired) electrons. The predicted molar refractivity (Wildman–Crippen MR) is 56.1 cm³/mol. The van der Waals surface area contributed by atoms with Gasteiger partial charge in [0.05, 0.1) is 0 Å². The van der Waals surface area contributed by atoms with Gasteiger partial charge in [-0.15, -0.1) is 0 Å². The van der Waals surface area contributed by atoms with Crippen LogP contribution in [0.1, 0.15) is 0 Å². The van der Waals surface area contributed by atoms with Gasteiger partial charge in [0.1, 0.15) is 5.75 Å². The molecule has 0 fully saturated rings. The summed E-state index contributed by atoms with van der Waals surface area (Å²) in [6.45, 7) is 0. The first-order valence-electron chi connectivity index (χ1n) is 3.49. The molecule has 1 heterocycles. The van der Waals surface area contributed by atoms with Crippen LogP contribution in [0.25, 0.3) is 10.8 Å². The van der Waals surface area contributed by atoms with Crippen molar-refractivity contribution in [2.75, 3.05) is 0 Å². The molecule has 0 saturated heterocycles. The number of rotatable bonds is 0. The van der Waals surface area contributed by atoms with Gasteiger partial charge in [-0.05, 0) is 40.8 Å². The normalized spacial score (nSPS) is 10.4. The van der Waals surface area contributed by atoms with Crippen LogP contribution in [0.2, 0.25) is 0 Å². The van der Waals surface area contributed by atoms with Gasteiger partial charge in [0.2, 0.25) is 0 Å². The summed E-state index contributed by atoms with van der Waals surface area (Å²) in [5.41, 5.74) is 0. The first kappa shape index (κ1) is 7.79. The number of aromatic nitrogens is 1. The zero-order valence-electron chi connectivity index (χ0n) is 6.16. The number of aromatic hydroxyl groups is 1. The number of phenolic OH excluding ortho intramolecular Hbond substituents is 1. The molecule has 0 amide bonds. The number of phenols is 1. The minimum Gasteiger partial charge on any atom is -0.508 e. The van der Waals surface area contributed by atoms with Crippen LogP contribution in [-0.2, 0) is 0 Å². The first-order valence-corrected chi connectivity index (χ1v) is 4.57. The Kier molecular flexibility index (Phi) is 1.88. The molecule has 0 aliphatic heterocycles. The Bertz CT molecular complexity index is 428. The quantitative estimate of drug-likeness (QED) is 0.747. The molecule has 0 aliphatic carbocycles. The van der Waals surface area contributed by atoms with E-state index in [9.17, 15) is 5.11 Å². The summed E-state index contributed by atoms with van der Waals surface area (Å²) < 4.78 is 1.06. The van der Waals surface area contributed by atoms with Crippen LogP contribution in [0.5, 0.6) is 5.75 Å². The third-order valence-electron chi connectivity index (χ3n) is 1.70. The highest BCUT2D eigenvalue weighted by Gasteiger charge is 1.98. The molecule has 0 saturated carbocycles. The highest BCUT2D eigenvalue weighted by atomic mass is 127. The van der Waals surface area contributed by atoms with Gasteiger partial charge >= 0.3 is 0 Å². The minimum atomic E-state index is 0.298. The summed E-state index contributed by atoms with van der Waals surface area (Å²) >= 11 is 2.20. The van der Waals surface area contributed by atoms with Crippen LogP contribution in [0.3, 0.4) is 0 Å². The van der Waals surface area contributed by atoms with Gasteiger partial charge in [0.15, 0.2) is 0 Å². The number of hydrogen-bond donors (Lipinski definition) is 1. The van der Waals surface area contributed by atoms with Crippen LogP contribution >= 0.6 is 22.6 Å². The zero-order valence-corrected chi connectivity index (χ0v) is 8.32. The summed E-state index contributed by atoms with van der Waals surface area (Å²) in [6.07, 6.45) is 3.57. The fourth-order valence-electron chi connectivity index (χ4n) is 1.12. The Hall–Kier alpha value is -0.840. The van der Waals surface area contributed by atoms with Crippen molar-refractivity contribution in [2.45, 2.75) is 0 Å². The maximum absolute atomic E-state index is 9.23. The topological polar surface area (TPSA) is 33.1 Å². The SMILES string of the molecule is Oc1ccc2cncc(I)c2c1. The Morgan fingerprint density at radius 1 is 1.25 bits per heavy atom. The highest BCUT2D eigenvalue weighted by molar-refractivity contribution is 14.1. The van der Waals surface area contributed by atoms with Gasteiger partial charge in [-0.2, -0.15) is 0 Å². The molecule has 2 nitrogen and oxygen atoms in total. The second-order valence-corrected chi connectivity index (χ2v) is 3.69. The maximum Gasteiger partial charge on any atom is 0.116 e. The highest BCUT2D eigenvalue weighted by Crippen LogP contribution is 2.22. The van der Waals surface area contributed by atoms with E-state index in [2.05, 4.69) is 27.6 Å². The van der Waals surface area contributed by atoms with E-state index in [0.29, 0.717) is 5.75 Å². The van der Waals surface area contributed by atoms with E-state index >= 15 is 0 Å². The molecule has 12 heavy (non-hydrogen) atoms. The van der Waals surface area contributed by atoms with Crippen LogP contribution in [-0.4, -0.2) is 10.1 Å². The van der Waals surface area contributed by atoms with Crippen LogP contribution in [0.15, 0.2) is 30.6 Å². The number of hydrogen-bond acceptors (Lipinski definition) is 2. The Morgan fingerprint density at radius 3 is 2.92 bits per heavy atom. The van der Waals surface area contributed by atoms with Crippen molar-refractivity contribution in [3.63, 3.8) is 0 Å². The molecule has 0 bridgehead atoms. The van der Waals surface area contributed by atoms with Gasteiger partial charge in [0.25, 0.3) is 0 Å². The third-order valence-corrected chi connectivity index (χ3v) is 2.56. The lowest BCUT2D eigenvalue weighted by Gasteiger charge is -1.99. The van der Waals surface area contributed by atoms with E-state index in [1.54, 1.807) is 24.5 Å². The molecular formula is C9H6INO. The van der Waals surface area contributed by atoms with Gasteiger partial charge in [0, 0.05) is 26.7 Å². The molecule has 0 aliphatic rings. The van der Waals surface area contributed by atoms with Crippen LogP contribution in [0.4, 0.5) is 0 Å². The molecule has 1 aromatic carbocycles. The standard InChI is InChI=1S/C9H6INO/c10-9-5-11-4-6-1-2-7(12)3-8(6)9/h1-5,12H. The van der Waals surface area contributed by atoms with Gasteiger partial charge in [-0.25, -0.2) is 0 Å². The van der Waals surface area contributed by atoms with Crippen molar-refractivity contribution >= 4 is 33.4 Å². The molecular weight excluding hydrogens is 265 g/mol. The molecule has 0 atom stereocenters. The molecule has 60 valence electrons. The summed E-state index contributed by atoms with van der Waals surface area (Å²) in [5, 5.41) is 11.3. The van der Waals surface area contributed by atoms with E-state index in [0.717, 1.165) is 14.3 Å². The number of pyridine rings is 1. The molecule has 1 N–H and O–H groups in total. The summed E-state index contributed by atoms with van der Waals surface area (Å²) in [5.74, 6) is 0.298. The van der Waals surface area contributed by atoms with E-state index < -0.39 is 0 Å². The summed E-state index contributed by atoms with van der Waals surface area (Å²) in [6, 6.07) is 5.28. The predicted octanol–water partition coefficient (Wildman–Crippen LogP) is 2.55. The third kappa shape index (κ3) is 1.24. The van der Waals surface area contributed by atoms with Crippen LogP contribution in [0, 0.1) is 3.57 Å². The van der Waals surface area contributed by atoms with Crippen LogP contribution < -0.4 is 0 Å². The minimum absolute atomic E-state index is 0.298. The molecule has 2 aromatic rings. The first-order chi connectivity index (χ1) is 5.77. The monoisotopic (exact) mass is 271 g/mol. The second-order valence-electron chi connectivity index (χ2n) is 2.53.